The lowest BCUT2D eigenvalue weighted by Crippen LogP contribution is -1.97. The summed E-state index contributed by atoms with van der Waals surface area (Å²) in [6.07, 6.45) is 1.68. The SMILES string of the molecule is COc1ncc(Br)cc1-c1cc(N)n(C)n1. The molecule has 0 amide bonds. The van der Waals surface area contributed by atoms with Crippen molar-refractivity contribution in [1.82, 2.24) is 14.8 Å². The number of nitrogen functional groups attached to an aromatic ring is 1. The van der Waals surface area contributed by atoms with Crippen molar-refractivity contribution in [2.75, 3.05) is 12.8 Å². The van der Waals surface area contributed by atoms with Gasteiger partial charge in [0.2, 0.25) is 5.88 Å². The minimum atomic E-state index is 0.529. The highest BCUT2D eigenvalue weighted by atomic mass is 79.9. The summed E-state index contributed by atoms with van der Waals surface area (Å²) in [5.41, 5.74) is 7.29. The van der Waals surface area contributed by atoms with Crippen LogP contribution < -0.4 is 10.5 Å². The molecule has 2 N–H and O–H groups in total. The van der Waals surface area contributed by atoms with Crippen LogP contribution in [0.4, 0.5) is 5.82 Å². The fraction of sp³-hybridized carbons (Fsp3) is 0.200. The van der Waals surface area contributed by atoms with Crippen molar-refractivity contribution in [3.05, 3.63) is 22.8 Å². The molecule has 5 nitrogen and oxygen atoms in total. The lowest BCUT2D eigenvalue weighted by atomic mass is 10.2. The van der Waals surface area contributed by atoms with Crippen LogP contribution in [-0.4, -0.2) is 21.9 Å². The molecule has 2 heterocycles. The van der Waals surface area contributed by atoms with Crippen LogP contribution in [0.25, 0.3) is 11.3 Å². The molecule has 2 rings (SSSR count). The van der Waals surface area contributed by atoms with Gasteiger partial charge in [-0.05, 0) is 22.0 Å². The van der Waals surface area contributed by atoms with E-state index in [-0.39, 0.29) is 0 Å². The van der Waals surface area contributed by atoms with Gasteiger partial charge in [0.25, 0.3) is 0 Å². The van der Waals surface area contributed by atoms with Crippen molar-refractivity contribution in [2.45, 2.75) is 0 Å². The van der Waals surface area contributed by atoms with Gasteiger partial charge >= 0.3 is 0 Å². The molecule has 0 radical (unpaired) electrons. The number of ether oxygens (including phenoxy) is 1. The van der Waals surface area contributed by atoms with Gasteiger partial charge in [0, 0.05) is 23.8 Å². The summed E-state index contributed by atoms with van der Waals surface area (Å²) in [5.74, 6) is 1.12. The molecule has 0 bridgehead atoms. The highest BCUT2D eigenvalue weighted by molar-refractivity contribution is 9.10. The predicted octanol–water partition coefficient (Wildman–Crippen LogP) is 1.84. The summed E-state index contributed by atoms with van der Waals surface area (Å²) < 4.78 is 7.66. The van der Waals surface area contributed by atoms with E-state index in [1.165, 1.54) is 0 Å². The number of hydrogen-bond acceptors (Lipinski definition) is 4. The summed E-state index contributed by atoms with van der Waals surface area (Å²) in [7, 11) is 3.36. The number of nitrogens with zero attached hydrogens (tertiary/aromatic N) is 3. The first-order valence-corrected chi connectivity index (χ1v) is 5.40. The van der Waals surface area contributed by atoms with Crippen molar-refractivity contribution < 1.29 is 4.74 Å². The van der Waals surface area contributed by atoms with Gasteiger partial charge in [0.05, 0.1) is 18.4 Å². The van der Waals surface area contributed by atoms with E-state index in [2.05, 4.69) is 26.0 Å². The summed E-state index contributed by atoms with van der Waals surface area (Å²) >= 11 is 3.36. The largest absolute Gasteiger partial charge is 0.481 e. The van der Waals surface area contributed by atoms with Crippen LogP contribution in [0.5, 0.6) is 5.88 Å². The zero-order valence-electron chi connectivity index (χ0n) is 8.94. The fourth-order valence-corrected chi connectivity index (χ4v) is 1.72. The molecule has 0 unspecified atom stereocenters. The third-order valence-electron chi connectivity index (χ3n) is 2.20. The van der Waals surface area contributed by atoms with Crippen molar-refractivity contribution in [3.63, 3.8) is 0 Å². The number of aryl methyl sites for hydroxylation is 1. The summed E-state index contributed by atoms with van der Waals surface area (Å²) in [5, 5.41) is 4.28. The molecule has 0 saturated heterocycles. The van der Waals surface area contributed by atoms with Gasteiger partial charge < -0.3 is 10.5 Å². The summed E-state index contributed by atoms with van der Waals surface area (Å²) in [4.78, 5) is 4.15. The van der Waals surface area contributed by atoms with Crippen LogP contribution in [-0.2, 0) is 7.05 Å². The normalized spacial score (nSPS) is 10.4. The van der Waals surface area contributed by atoms with Crippen molar-refractivity contribution in [2.24, 2.45) is 7.05 Å². The lowest BCUT2D eigenvalue weighted by molar-refractivity contribution is 0.399. The van der Waals surface area contributed by atoms with Crippen molar-refractivity contribution in [1.29, 1.82) is 0 Å². The number of rotatable bonds is 2. The smallest absolute Gasteiger partial charge is 0.222 e. The van der Waals surface area contributed by atoms with E-state index in [4.69, 9.17) is 10.5 Å². The number of hydrogen-bond donors (Lipinski definition) is 1. The molecule has 0 saturated carbocycles. The van der Waals surface area contributed by atoms with Gasteiger partial charge in [-0.25, -0.2) is 4.98 Å². The van der Waals surface area contributed by atoms with E-state index in [1.807, 2.05) is 6.07 Å². The van der Waals surface area contributed by atoms with Gasteiger partial charge in [-0.15, -0.1) is 0 Å². The lowest BCUT2D eigenvalue weighted by Gasteiger charge is -2.04. The second-order valence-corrected chi connectivity index (χ2v) is 4.20. The maximum Gasteiger partial charge on any atom is 0.222 e. The number of anilines is 1. The molecule has 0 spiro atoms. The molecule has 0 atom stereocenters. The van der Waals surface area contributed by atoms with E-state index in [0.717, 1.165) is 15.7 Å². The summed E-state index contributed by atoms with van der Waals surface area (Å²) in [6.45, 7) is 0. The average Bonchev–Trinajstić information content (AvgIpc) is 2.59. The Kier molecular flexibility index (Phi) is 2.82. The molecular weight excluding hydrogens is 272 g/mol. The van der Waals surface area contributed by atoms with E-state index < -0.39 is 0 Å². The molecule has 84 valence electrons. The number of aromatic nitrogens is 3. The van der Waals surface area contributed by atoms with E-state index in [0.29, 0.717) is 11.7 Å². The standard InChI is InChI=1S/C10H11BrN4O/c1-15-9(12)4-8(14-15)7-3-6(11)5-13-10(7)16-2/h3-5H,12H2,1-2H3. The molecular formula is C10H11BrN4O. The molecule has 2 aromatic rings. The van der Waals surface area contributed by atoms with Gasteiger partial charge in [0.1, 0.15) is 5.82 Å². The molecule has 0 aliphatic carbocycles. The number of nitrogens with two attached hydrogens (primary N) is 1. The zero-order chi connectivity index (χ0) is 11.7. The van der Waals surface area contributed by atoms with Crippen LogP contribution in [0.15, 0.2) is 22.8 Å². The molecule has 6 heteroatoms. The minimum Gasteiger partial charge on any atom is -0.481 e. The highest BCUT2D eigenvalue weighted by Gasteiger charge is 2.12. The first kappa shape index (κ1) is 10.9. The van der Waals surface area contributed by atoms with Gasteiger partial charge in [-0.3, -0.25) is 4.68 Å². The Bertz CT molecular complexity index is 504. The first-order valence-electron chi connectivity index (χ1n) is 4.61. The molecule has 0 aliphatic rings. The van der Waals surface area contributed by atoms with Gasteiger partial charge in [0.15, 0.2) is 0 Å². The number of pyridine rings is 1. The zero-order valence-corrected chi connectivity index (χ0v) is 10.5. The minimum absolute atomic E-state index is 0.529. The Morgan fingerprint density at radius 3 is 2.75 bits per heavy atom. The van der Waals surface area contributed by atoms with E-state index in [9.17, 15) is 0 Å². The Labute approximate surface area is 101 Å². The van der Waals surface area contributed by atoms with Crippen molar-refractivity contribution >= 4 is 21.7 Å². The quantitative estimate of drug-likeness (QED) is 0.913. The Balaban J connectivity index is 2.57. The topological polar surface area (TPSA) is 66.0 Å². The number of methoxy groups -OCH3 is 1. The molecule has 0 aliphatic heterocycles. The third-order valence-corrected chi connectivity index (χ3v) is 2.64. The second-order valence-electron chi connectivity index (χ2n) is 3.29. The summed E-state index contributed by atoms with van der Waals surface area (Å²) in [6, 6.07) is 3.68. The van der Waals surface area contributed by atoms with E-state index in [1.54, 1.807) is 31.1 Å². The first-order chi connectivity index (χ1) is 7.61. The van der Waals surface area contributed by atoms with Crippen LogP contribution in [0.2, 0.25) is 0 Å². The third kappa shape index (κ3) is 1.88. The fourth-order valence-electron chi connectivity index (χ4n) is 1.39. The van der Waals surface area contributed by atoms with Crippen molar-refractivity contribution in [3.8, 4) is 17.1 Å². The van der Waals surface area contributed by atoms with Crippen LogP contribution in [0.1, 0.15) is 0 Å². The highest BCUT2D eigenvalue weighted by Crippen LogP contribution is 2.30. The maximum atomic E-state index is 5.74. The number of halogens is 1. The Hall–Kier alpha value is -1.56. The molecule has 0 aromatic carbocycles. The monoisotopic (exact) mass is 282 g/mol. The Morgan fingerprint density at radius 1 is 1.44 bits per heavy atom. The molecule has 0 fully saturated rings. The van der Waals surface area contributed by atoms with Crippen LogP contribution >= 0.6 is 15.9 Å². The van der Waals surface area contributed by atoms with Gasteiger partial charge in [-0.1, -0.05) is 0 Å². The Morgan fingerprint density at radius 2 is 2.19 bits per heavy atom. The van der Waals surface area contributed by atoms with E-state index >= 15 is 0 Å². The maximum absolute atomic E-state index is 5.74. The average molecular weight is 283 g/mol. The predicted molar refractivity (Wildman–Crippen MR) is 65.1 cm³/mol. The second kappa shape index (κ2) is 4.13. The van der Waals surface area contributed by atoms with Crippen LogP contribution in [0.3, 0.4) is 0 Å². The van der Waals surface area contributed by atoms with Crippen LogP contribution in [0, 0.1) is 0 Å². The van der Waals surface area contributed by atoms with Gasteiger partial charge in [-0.2, -0.15) is 5.10 Å². The molecule has 16 heavy (non-hydrogen) atoms. The molecule has 2 aromatic heterocycles.